The molecule has 1 N–H and O–H groups in total. The highest BCUT2D eigenvalue weighted by atomic mass is 15.1. The normalized spacial score (nSPS) is 13.4. The molecule has 0 rings (SSSR count). The van der Waals surface area contributed by atoms with Gasteiger partial charge in [0.1, 0.15) is 0 Å². The summed E-state index contributed by atoms with van der Waals surface area (Å²) in [6.45, 7) is 15.3. The maximum atomic E-state index is 3.53. The number of nitrogens with zero attached hydrogens (tertiary/aromatic N) is 1. The Morgan fingerprint density at radius 1 is 1.13 bits per heavy atom. The zero-order valence-corrected chi connectivity index (χ0v) is 12.1. The van der Waals surface area contributed by atoms with E-state index in [1.807, 2.05) is 13.8 Å². The molecule has 94 valence electrons. The van der Waals surface area contributed by atoms with Gasteiger partial charge in [-0.2, -0.15) is 0 Å². The fraction of sp³-hybridized carbons (Fsp3) is 1.00. The summed E-state index contributed by atoms with van der Waals surface area (Å²) in [6.07, 6.45) is 1.24. The van der Waals surface area contributed by atoms with Crippen molar-refractivity contribution in [3.8, 4) is 0 Å². The van der Waals surface area contributed by atoms with E-state index in [0.717, 1.165) is 13.1 Å². The fourth-order valence-corrected chi connectivity index (χ4v) is 1.53. The van der Waals surface area contributed by atoms with E-state index in [-0.39, 0.29) is 0 Å². The van der Waals surface area contributed by atoms with E-state index in [0.29, 0.717) is 11.5 Å². The molecule has 0 fully saturated rings. The van der Waals surface area contributed by atoms with E-state index >= 15 is 0 Å². The van der Waals surface area contributed by atoms with Crippen LogP contribution in [0.2, 0.25) is 0 Å². The van der Waals surface area contributed by atoms with Gasteiger partial charge in [-0.25, -0.2) is 0 Å². The van der Waals surface area contributed by atoms with Gasteiger partial charge in [-0.05, 0) is 32.9 Å². The molecule has 0 aromatic rings. The number of hydrogen-bond donors (Lipinski definition) is 1. The quantitative estimate of drug-likeness (QED) is 0.760. The van der Waals surface area contributed by atoms with Gasteiger partial charge in [-0.3, -0.25) is 0 Å². The van der Waals surface area contributed by atoms with Gasteiger partial charge in [-0.15, -0.1) is 0 Å². The second-order valence-electron chi connectivity index (χ2n) is 5.42. The standard InChI is InChI=1S/C11H26N2.C2H6/c1-10(9-11(2,3)4)12-7-8-13(5)6;1-2/h10,12H,7-9H2,1-6H3;1-2H3. The number of likely N-dealkylation sites (N-methyl/N-ethyl adjacent to an activating group) is 1. The van der Waals surface area contributed by atoms with Crippen molar-refractivity contribution in [2.24, 2.45) is 5.41 Å². The minimum absolute atomic E-state index is 0.435. The van der Waals surface area contributed by atoms with Gasteiger partial charge in [0.2, 0.25) is 0 Å². The van der Waals surface area contributed by atoms with Crippen LogP contribution in [0.25, 0.3) is 0 Å². The van der Waals surface area contributed by atoms with Crippen LogP contribution in [0, 0.1) is 5.41 Å². The predicted molar refractivity (Wildman–Crippen MR) is 71.4 cm³/mol. The SMILES string of the molecule is CC.CC(CC(C)(C)C)NCCN(C)C. The van der Waals surface area contributed by atoms with E-state index in [1.54, 1.807) is 0 Å². The van der Waals surface area contributed by atoms with Crippen molar-refractivity contribution in [2.75, 3.05) is 27.2 Å². The molecule has 0 heterocycles. The molecule has 0 radical (unpaired) electrons. The number of hydrogen-bond acceptors (Lipinski definition) is 2. The molecule has 0 saturated carbocycles. The van der Waals surface area contributed by atoms with Crippen LogP contribution in [-0.4, -0.2) is 38.1 Å². The van der Waals surface area contributed by atoms with Crippen molar-refractivity contribution in [3.63, 3.8) is 0 Å². The Labute approximate surface area is 97.4 Å². The van der Waals surface area contributed by atoms with Crippen LogP contribution in [0.3, 0.4) is 0 Å². The molecule has 0 amide bonds. The minimum atomic E-state index is 0.435. The van der Waals surface area contributed by atoms with Gasteiger partial charge >= 0.3 is 0 Å². The summed E-state index contributed by atoms with van der Waals surface area (Å²) in [5.41, 5.74) is 0.435. The van der Waals surface area contributed by atoms with Gasteiger partial charge in [0.05, 0.1) is 0 Å². The van der Waals surface area contributed by atoms with Crippen molar-refractivity contribution in [1.82, 2.24) is 10.2 Å². The third kappa shape index (κ3) is 16.6. The average Bonchev–Trinajstić information content (AvgIpc) is 2.03. The molecule has 0 aliphatic heterocycles. The lowest BCUT2D eigenvalue weighted by atomic mass is 9.89. The highest BCUT2D eigenvalue weighted by Gasteiger charge is 2.14. The lowest BCUT2D eigenvalue weighted by Crippen LogP contribution is -2.35. The molecule has 0 saturated heterocycles. The molecule has 1 unspecified atom stereocenters. The summed E-state index contributed by atoms with van der Waals surface area (Å²) in [4.78, 5) is 2.21. The van der Waals surface area contributed by atoms with E-state index in [4.69, 9.17) is 0 Å². The molecular formula is C13H32N2. The Morgan fingerprint density at radius 3 is 1.93 bits per heavy atom. The largest absolute Gasteiger partial charge is 0.313 e. The first kappa shape index (κ1) is 17.3. The molecule has 0 aromatic heterocycles. The molecule has 1 atom stereocenters. The average molecular weight is 216 g/mol. The van der Waals surface area contributed by atoms with E-state index < -0.39 is 0 Å². The second kappa shape index (κ2) is 9.17. The summed E-state index contributed by atoms with van der Waals surface area (Å²) in [5, 5.41) is 3.53. The zero-order valence-electron chi connectivity index (χ0n) is 12.1. The van der Waals surface area contributed by atoms with Gasteiger partial charge in [0.15, 0.2) is 0 Å². The zero-order chi connectivity index (χ0) is 12.5. The summed E-state index contributed by atoms with van der Waals surface area (Å²) in [6, 6.07) is 0.625. The first-order valence-corrected chi connectivity index (χ1v) is 6.19. The Morgan fingerprint density at radius 2 is 1.60 bits per heavy atom. The highest BCUT2D eigenvalue weighted by molar-refractivity contribution is 4.70. The Balaban J connectivity index is 0. The van der Waals surface area contributed by atoms with Crippen LogP contribution in [0.5, 0.6) is 0 Å². The van der Waals surface area contributed by atoms with Gasteiger partial charge in [-0.1, -0.05) is 34.6 Å². The Hall–Kier alpha value is -0.0800. The lowest BCUT2D eigenvalue weighted by Gasteiger charge is -2.24. The van der Waals surface area contributed by atoms with E-state index in [2.05, 4.69) is 52.0 Å². The molecular weight excluding hydrogens is 184 g/mol. The van der Waals surface area contributed by atoms with Crippen molar-refractivity contribution >= 4 is 0 Å². The second-order valence-corrected chi connectivity index (χ2v) is 5.42. The third-order valence-corrected chi connectivity index (χ3v) is 1.97. The maximum Gasteiger partial charge on any atom is 0.0101 e. The fourth-order valence-electron chi connectivity index (χ4n) is 1.53. The van der Waals surface area contributed by atoms with Gasteiger partial charge < -0.3 is 10.2 Å². The molecule has 0 spiro atoms. The van der Waals surface area contributed by atoms with Crippen LogP contribution in [-0.2, 0) is 0 Å². The van der Waals surface area contributed by atoms with Gasteiger partial charge in [0, 0.05) is 19.1 Å². The lowest BCUT2D eigenvalue weighted by molar-refractivity contribution is 0.308. The smallest absolute Gasteiger partial charge is 0.0101 e. The predicted octanol–water partition coefficient (Wildman–Crippen LogP) is 2.99. The van der Waals surface area contributed by atoms with Crippen LogP contribution < -0.4 is 5.32 Å². The molecule has 0 aromatic carbocycles. The topological polar surface area (TPSA) is 15.3 Å². The monoisotopic (exact) mass is 216 g/mol. The highest BCUT2D eigenvalue weighted by Crippen LogP contribution is 2.20. The summed E-state index contributed by atoms with van der Waals surface area (Å²) >= 11 is 0. The number of nitrogens with one attached hydrogen (secondary N) is 1. The van der Waals surface area contributed by atoms with E-state index in [9.17, 15) is 0 Å². The van der Waals surface area contributed by atoms with Crippen molar-refractivity contribution in [1.29, 1.82) is 0 Å². The third-order valence-electron chi connectivity index (χ3n) is 1.97. The summed E-state index contributed by atoms with van der Waals surface area (Å²) in [5.74, 6) is 0. The molecule has 15 heavy (non-hydrogen) atoms. The van der Waals surface area contributed by atoms with E-state index in [1.165, 1.54) is 6.42 Å². The van der Waals surface area contributed by atoms with Crippen LogP contribution in [0.1, 0.15) is 48.0 Å². The van der Waals surface area contributed by atoms with Crippen LogP contribution in [0.4, 0.5) is 0 Å². The summed E-state index contributed by atoms with van der Waals surface area (Å²) in [7, 11) is 4.21. The minimum Gasteiger partial charge on any atom is -0.313 e. The Kier molecular flexibility index (Phi) is 10.6. The van der Waals surface area contributed by atoms with Crippen molar-refractivity contribution in [2.45, 2.75) is 54.0 Å². The molecule has 0 bridgehead atoms. The molecule has 0 aliphatic carbocycles. The molecule has 2 nitrogen and oxygen atoms in total. The van der Waals surface area contributed by atoms with Crippen LogP contribution in [0.15, 0.2) is 0 Å². The summed E-state index contributed by atoms with van der Waals surface area (Å²) < 4.78 is 0. The molecule has 0 aliphatic rings. The first-order chi connectivity index (χ1) is 6.81. The van der Waals surface area contributed by atoms with Crippen molar-refractivity contribution in [3.05, 3.63) is 0 Å². The van der Waals surface area contributed by atoms with Gasteiger partial charge in [0.25, 0.3) is 0 Å². The first-order valence-electron chi connectivity index (χ1n) is 6.19. The van der Waals surface area contributed by atoms with Crippen LogP contribution >= 0.6 is 0 Å². The van der Waals surface area contributed by atoms with Crippen molar-refractivity contribution < 1.29 is 0 Å². The maximum absolute atomic E-state index is 3.53. The molecule has 2 heteroatoms. The Bertz CT molecular complexity index is 125. The number of rotatable bonds is 5.